The Labute approximate surface area is 143 Å². The van der Waals surface area contributed by atoms with E-state index in [-0.39, 0.29) is 6.10 Å². The molecule has 0 aliphatic carbocycles. The van der Waals surface area contributed by atoms with Crippen molar-refractivity contribution in [2.75, 3.05) is 0 Å². The van der Waals surface area contributed by atoms with Crippen LogP contribution in [0.5, 0.6) is 0 Å². The van der Waals surface area contributed by atoms with Crippen molar-refractivity contribution in [2.24, 2.45) is 0 Å². The van der Waals surface area contributed by atoms with Gasteiger partial charge in [0.25, 0.3) is 10.1 Å². The van der Waals surface area contributed by atoms with Crippen LogP contribution in [-0.4, -0.2) is 29.4 Å². The summed E-state index contributed by atoms with van der Waals surface area (Å²) in [4.78, 5) is 0. The molecule has 0 rings (SSSR count). The van der Waals surface area contributed by atoms with E-state index in [4.69, 9.17) is 0 Å². The van der Waals surface area contributed by atoms with Crippen LogP contribution < -0.4 is 0 Å². The molecule has 0 spiro atoms. The van der Waals surface area contributed by atoms with Gasteiger partial charge in [0.05, 0.1) is 11.4 Å². The van der Waals surface area contributed by atoms with Crippen molar-refractivity contribution >= 4 is 10.1 Å². The Morgan fingerprint density at radius 1 is 0.696 bits per heavy atom. The van der Waals surface area contributed by atoms with Crippen LogP contribution in [0.2, 0.25) is 0 Å². The fourth-order valence-corrected chi connectivity index (χ4v) is 3.87. The predicted molar refractivity (Wildman–Crippen MR) is 97.3 cm³/mol. The largest absolute Gasteiger partial charge is 0.393 e. The Morgan fingerprint density at radius 3 is 1.74 bits per heavy atom. The summed E-state index contributed by atoms with van der Waals surface area (Å²) in [5.74, 6) is 0. The monoisotopic (exact) mass is 350 g/mol. The van der Waals surface area contributed by atoms with Crippen molar-refractivity contribution in [3.8, 4) is 0 Å². The average Bonchev–Trinajstić information content (AvgIpc) is 2.49. The molecule has 5 heteroatoms. The lowest BCUT2D eigenvalue weighted by molar-refractivity contribution is 0.148. The van der Waals surface area contributed by atoms with Gasteiger partial charge in [-0.25, -0.2) is 0 Å². The van der Waals surface area contributed by atoms with E-state index >= 15 is 0 Å². The molecule has 0 saturated carbocycles. The molecule has 0 radical (unpaired) electrons. The standard InChI is InChI=1S/C18H38O4S/c1-3-5-7-8-9-10-11-15-18(23(20,21)22)16-12-14-17(19)13-6-4-2/h17-19H,3-16H2,1-2H3,(H,20,21,22). The lowest BCUT2D eigenvalue weighted by atomic mass is 10.0. The minimum atomic E-state index is -3.96. The van der Waals surface area contributed by atoms with E-state index in [0.717, 1.165) is 38.5 Å². The normalized spacial score (nSPS) is 14.8. The Kier molecular flexibility index (Phi) is 14.2. The van der Waals surface area contributed by atoms with Crippen molar-refractivity contribution in [3.63, 3.8) is 0 Å². The predicted octanol–water partition coefficient (Wildman–Crippen LogP) is 5.10. The van der Waals surface area contributed by atoms with Gasteiger partial charge in [0.15, 0.2) is 0 Å². The SMILES string of the molecule is CCCCCCCCCC(CCCC(O)CCCC)S(=O)(=O)O. The highest BCUT2D eigenvalue weighted by Gasteiger charge is 2.22. The third-order valence-corrected chi connectivity index (χ3v) is 5.82. The Bertz CT molecular complexity index is 354. The molecule has 0 bridgehead atoms. The summed E-state index contributed by atoms with van der Waals surface area (Å²) < 4.78 is 32.3. The molecule has 0 aromatic heterocycles. The summed E-state index contributed by atoms with van der Waals surface area (Å²) >= 11 is 0. The highest BCUT2D eigenvalue weighted by atomic mass is 32.2. The summed E-state index contributed by atoms with van der Waals surface area (Å²) in [6, 6.07) is 0. The maximum absolute atomic E-state index is 11.5. The van der Waals surface area contributed by atoms with E-state index in [1.165, 1.54) is 25.7 Å². The molecule has 0 aromatic carbocycles. The summed E-state index contributed by atoms with van der Waals surface area (Å²) in [7, 11) is -3.96. The fourth-order valence-electron chi connectivity index (χ4n) is 2.94. The van der Waals surface area contributed by atoms with Gasteiger partial charge in [0.1, 0.15) is 0 Å². The van der Waals surface area contributed by atoms with Crippen LogP contribution >= 0.6 is 0 Å². The van der Waals surface area contributed by atoms with E-state index < -0.39 is 15.4 Å². The first kappa shape index (κ1) is 22.9. The van der Waals surface area contributed by atoms with Gasteiger partial charge in [-0.05, 0) is 32.1 Å². The molecule has 0 aliphatic rings. The molecule has 2 unspecified atom stereocenters. The first-order valence-electron chi connectivity index (χ1n) is 9.56. The molecular formula is C18H38O4S. The number of aliphatic hydroxyl groups is 1. The molecule has 140 valence electrons. The fraction of sp³-hybridized carbons (Fsp3) is 1.00. The minimum Gasteiger partial charge on any atom is -0.393 e. The van der Waals surface area contributed by atoms with Gasteiger partial charge in [-0.1, -0.05) is 71.6 Å². The van der Waals surface area contributed by atoms with E-state index in [0.29, 0.717) is 25.7 Å². The third-order valence-electron chi connectivity index (χ3n) is 4.51. The molecule has 0 heterocycles. The second-order valence-electron chi connectivity index (χ2n) is 6.77. The van der Waals surface area contributed by atoms with Crippen LogP contribution in [0.25, 0.3) is 0 Å². The molecule has 2 N–H and O–H groups in total. The van der Waals surface area contributed by atoms with Crippen molar-refractivity contribution < 1.29 is 18.1 Å². The lowest BCUT2D eigenvalue weighted by Gasteiger charge is -2.15. The van der Waals surface area contributed by atoms with E-state index in [1.807, 2.05) is 0 Å². The third kappa shape index (κ3) is 14.0. The van der Waals surface area contributed by atoms with Gasteiger partial charge in [0.2, 0.25) is 0 Å². The van der Waals surface area contributed by atoms with Gasteiger partial charge in [-0.3, -0.25) is 4.55 Å². The molecule has 0 amide bonds. The molecule has 4 nitrogen and oxygen atoms in total. The first-order valence-corrected chi connectivity index (χ1v) is 11.1. The molecule has 2 atom stereocenters. The minimum absolute atomic E-state index is 0.337. The van der Waals surface area contributed by atoms with Crippen LogP contribution in [0.3, 0.4) is 0 Å². The molecule has 0 aliphatic heterocycles. The zero-order valence-electron chi connectivity index (χ0n) is 15.2. The van der Waals surface area contributed by atoms with Crippen molar-refractivity contribution in [1.29, 1.82) is 0 Å². The second-order valence-corrected chi connectivity index (χ2v) is 8.47. The van der Waals surface area contributed by atoms with Crippen molar-refractivity contribution in [3.05, 3.63) is 0 Å². The zero-order chi connectivity index (χ0) is 17.6. The van der Waals surface area contributed by atoms with Gasteiger partial charge in [-0.2, -0.15) is 8.42 Å². The van der Waals surface area contributed by atoms with Crippen LogP contribution in [0.4, 0.5) is 0 Å². The van der Waals surface area contributed by atoms with Crippen LogP contribution in [-0.2, 0) is 10.1 Å². The lowest BCUT2D eigenvalue weighted by Crippen LogP contribution is -2.21. The number of unbranched alkanes of at least 4 members (excludes halogenated alkanes) is 7. The zero-order valence-corrected chi connectivity index (χ0v) is 16.0. The maximum atomic E-state index is 11.5. The summed E-state index contributed by atoms with van der Waals surface area (Å²) in [5.41, 5.74) is 0. The Hall–Kier alpha value is -0.130. The summed E-state index contributed by atoms with van der Waals surface area (Å²) in [6.07, 6.45) is 12.8. The van der Waals surface area contributed by atoms with Crippen molar-refractivity contribution in [1.82, 2.24) is 0 Å². The number of hydrogen-bond acceptors (Lipinski definition) is 3. The highest BCUT2D eigenvalue weighted by molar-refractivity contribution is 7.86. The van der Waals surface area contributed by atoms with Crippen LogP contribution in [0, 0.1) is 0 Å². The van der Waals surface area contributed by atoms with Gasteiger partial charge in [0, 0.05) is 0 Å². The number of aliphatic hydroxyl groups excluding tert-OH is 1. The molecular weight excluding hydrogens is 312 g/mol. The van der Waals surface area contributed by atoms with Gasteiger partial charge < -0.3 is 5.11 Å². The summed E-state index contributed by atoms with van der Waals surface area (Å²) in [6.45, 7) is 4.28. The number of rotatable bonds is 16. The van der Waals surface area contributed by atoms with Gasteiger partial charge in [-0.15, -0.1) is 0 Å². The van der Waals surface area contributed by atoms with Gasteiger partial charge >= 0.3 is 0 Å². The topological polar surface area (TPSA) is 74.6 Å². The quantitative estimate of drug-likeness (QED) is 0.300. The van der Waals surface area contributed by atoms with E-state index in [9.17, 15) is 18.1 Å². The Morgan fingerprint density at radius 2 is 1.17 bits per heavy atom. The molecule has 0 aromatic rings. The van der Waals surface area contributed by atoms with Crippen LogP contribution in [0.15, 0.2) is 0 Å². The number of hydrogen-bond donors (Lipinski definition) is 2. The molecule has 0 fully saturated rings. The smallest absolute Gasteiger partial charge is 0.267 e. The first-order chi connectivity index (χ1) is 10.9. The van der Waals surface area contributed by atoms with E-state index in [1.54, 1.807) is 0 Å². The average molecular weight is 351 g/mol. The maximum Gasteiger partial charge on any atom is 0.267 e. The highest BCUT2D eigenvalue weighted by Crippen LogP contribution is 2.19. The second kappa shape index (κ2) is 14.2. The van der Waals surface area contributed by atoms with Crippen molar-refractivity contribution in [2.45, 2.75) is 115 Å². The molecule has 23 heavy (non-hydrogen) atoms. The van der Waals surface area contributed by atoms with E-state index in [2.05, 4.69) is 13.8 Å². The summed E-state index contributed by atoms with van der Waals surface area (Å²) in [5, 5.41) is 9.14. The molecule has 0 saturated heterocycles. The van der Waals surface area contributed by atoms with Crippen LogP contribution in [0.1, 0.15) is 104 Å². The Balaban J connectivity index is 3.91.